The van der Waals surface area contributed by atoms with Crippen molar-refractivity contribution in [3.05, 3.63) is 23.3 Å². The monoisotopic (exact) mass is 324 g/mol. The number of allylic oxidation sites excluding steroid dienone is 3. The SMILES string of the molecule is CCC#CC1=CC[C@H]2[C@@H]3CCC4=CC(=O)CC[C@]4(O)[C@H]3CC[C@]12C. The van der Waals surface area contributed by atoms with Gasteiger partial charge < -0.3 is 5.11 Å². The van der Waals surface area contributed by atoms with Crippen molar-refractivity contribution in [3.8, 4) is 11.8 Å². The third kappa shape index (κ3) is 2.17. The Morgan fingerprint density at radius 1 is 1.25 bits per heavy atom. The van der Waals surface area contributed by atoms with Crippen molar-refractivity contribution in [2.24, 2.45) is 23.2 Å². The van der Waals surface area contributed by atoms with Gasteiger partial charge in [0.1, 0.15) is 0 Å². The molecule has 4 aliphatic carbocycles. The zero-order valence-corrected chi connectivity index (χ0v) is 14.9. The van der Waals surface area contributed by atoms with Gasteiger partial charge >= 0.3 is 0 Å². The third-order valence-electron chi connectivity index (χ3n) is 7.42. The summed E-state index contributed by atoms with van der Waals surface area (Å²) in [5.74, 6) is 8.40. The van der Waals surface area contributed by atoms with Crippen LogP contribution in [0.15, 0.2) is 23.3 Å². The highest BCUT2D eigenvalue weighted by molar-refractivity contribution is 5.92. The Morgan fingerprint density at radius 3 is 2.88 bits per heavy atom. The molecule has 24 heavy (non-hydrogen) atoms. The molecule has 128 valence electrons. The molecule has 4 rings (SSSR count). The molecule has 0 radical (unpaired) electrons. The molecule has 0 spiro atoms. The number of hydrogen-bond acceptors (Lipinski definition) is 2. The normalized spacial score (nSPS) is 43.6. The zero-order chi connectivity index (χ0) is 16.9. The van der Waals surface area contributed by atoms with E-state index < -0.39 is 5.60 Å². The second-order valence-electron chi connectivity index (χ2n) is 8.44. The lowest BCUT2D eigenvalue weighted by atomic mass is 9.50. The molecule has 2 saturated carbocycles. The average molecular weight is 324 g/mol. The molecule has 0 amide bonds. The zero-order valence-electron chi connectivity index (χ0n) is 14.9. The Kier molecular flexibility index (Phi) is 3.77. The minimum atomic E-state index is -0.712. The topological polar surface area (TPSA) is 37.3 Å². The van der Waals surface area contributed by atoms with E-state index in [0.717, 1.165) is 44.1 Å². The number of hydrogen-bond donors (Lipinski definition) is 1. The lowest BCUT2D eigenvalue weighted by molar-refractivity contribution is -0.124. The van der Waals surface area contributed by atoms with Crippen LogP contribution < -0.4 is 0 Å². The van der Waals surface area contributed by atoms with Crippen LogP contribution in [0.5, 0.6) is 0 Å². The number of carbonyl (C=O) groups excluding carboxylic acids is 1. The lowest BCUT2D eigenvalue weighted by Gasteiger charge is -2.56. The molecular formula is C22H28O2. The van der Waals surface area contributed by atoms with Crippen molar-refractivity contribution in [2.45, 2.75) is 70.8 Å². The summed E-state index contributed by atoms with van der Waals surface area (Å²) in [5, 5.41) is 11.4. The predicted molar refractivity (Wildman–Crippen MR) is 95.1 cm³/mol. The second kappa shape index (κ2) is 5.60. The fourth-order valence-electron chi connectivity index (χ4n) is 6.13. The summed E-state index contributed by atoms with van der Waals surface area (Å²) in [7, 11) is 0. The van der Waals surface area contributed by atoms with E-state index in [1.54, 1.807) is 6.08 Å². The van der Waals surface area contributed by atoms with Crippen LogP contribution >= 0.6 is 0 Å². The van der Waals surface area contributed by atoms with Gasteiger partial charge in [-0.25, -0.2) is 0 Å². The van der Waals surface area contributed by atoms with Crippen LogP contribution in [0.3, 0.4) is 0 Å². The molecule has 0 heterocycles. The van der Waals surface area contributed by atoms with Crippen molar-refractivity contribution >= 4 is 5.78 Å². The van der Waals surface area contributed by atoms with E-state index in [4.69, 9.17) is 0 Å². The van der Waals surface area contributed by atoms with Crippen LogP contribution in [-0.2, 0) is 4.79 Å². The van der Waals surface area contributed by atoms with Crippen LogP contribution in [0.4, 0.5) is 0 Å². The number of fused-ring (bicyclic) bond motifs is 5. The molecule has 0 saturated heterocycles. The van der Waals surface area contributed by atoms with Crippen molar-refractivity contribution in [1.82, 2.24) is 0 Å². The highest BCUT2D eigenvalue weighted by Gasteiger charge is 2.58. The number of rotatable bonds is 0. The van der Waals surface area contributed by atoms with E-state index >= 15 is 0 Å². The maximum absolute atomic E-state index is 11.8. The quantitative estimate of drug-likeness (QED) is 0.678. The molecule has 0 aromatic rings. The standard InChI is InChI=1S/C22H28O2/c1-3-4-5-15-7-9-19-18-8-6-16-14-17(23)10-13-22(16,24)20(18)11-12-21(15,19)2/h7,14,18-20,24H,3,6,8-13H2,1-2H3/t18-,19-,20-,21+,22+/m0/s1. The summed E-state index contributed by atoms with van der Waals surface area (Å²) in [6.07, 6.45) is 11.5. The van der Waals surface area contributed by atoms with Crippen molar-refractivity contribution in [3.63, 3.8) is 0 Å². The minimum absolute atomic E-state index is 0.200. The molecular weight excluding hydrogens is 296 g/mol. The van der Waals surface area contributed by atoms with Gasteiger partial charge in [-0.05, 0) is 67.9 Å². The maximum Gasteiger partial charge on any atom is 0.155 e. The highest BCUT2D eigenvalue weighted by Crippen LogP contribution is 2.62. The molecule has 0 aromatic heterocycles. The van der Waals surface area contributed by atoms with Crippen LogP contribution in [0.2, 0.25) is 0 Å². The van der Waals surface area contributed by atoms with E-state index in [2.05, 4.69) is 31.8 Å². The van der Waals surface area contributed by atoms with Gasteiger partial charge in [-0.15, -0.1) is 0 Å². The molecule has 0 unspecified atom stereocenters. The summed E-state index contributed by atoms with van der Waals surface area (Å²) in [6, 6.07) is 0. The summed E-state index contributed by atoms with van der Waals surface area (Å²) >= 11 is 0. The Labute approximate surface area is 145 Å². The minimum Gasteiger partial charge on any atom is -0.385 e. The van der Waals surface area contributed by atoms with Crippen molar-refractivity contribution in [2.75, 3.05) is 0 Å². The average Bonchev–Trinajstić information content (AvgIpc) is 2.90. The van der Waals surface area contributed by atoms with Crippen LogP contribution in [0, 0.1) is 35.0 Å². The molecule has 4 aliphatic rings. The first-order valence-electron chi connectivity index (χ1n) is 9.65. The number of carbonyl (C=O) groups is 1. The van der Waals surface area contributed by atoms with Gasteiger partial charge in [-0.2, -0.15) is 0 Å². The summed E-state index contributed by atoms with van der Waals surface area (Å²) in [5.41, 5.74) is 1.86. The summed E-state index contributed by atoms with van der Waals surface area (Å²) in [6.45, 7) is 4.50. The van der Waals surface area contributed by atoms with E-state index in [-0.39, 0.29) is 11.2 Å². The van der Waals surface area contributed by atoms with Crippen LogP contribution in [0.1, 0.15) is 65.2 Å². The maximum atomic E-state index is 11.8. The molecule has 2 heteroatoms. The van der Waals surface area contributed by atoms with Gasteiger partial charge in [0.05, 0.1) is 5.60 Å². The summed E-state index contributed by atoms with van der Waals surface area (Å²) in [4.78, 5) is 11.8. The predicted octanol–water partition coefficient (Wildman–Crippen LogP) is 4.19. The molecule has 5 atom stereocenters. The van der Waals surface area contributed by atoms with Gasteiger partial charge in [0, 0.05) is 23.8 Å². The van der Waals surface area contributed by atoms with E-state index in [1.807, 2.05) is 0 Å². The molecule has 0 bridgehead atoms. The van der Waals surface area contributed by atoms with Crippen LogP contribution in [-0.4, -0.2) is 16.5 Å². The first-order chi connectivity index (χ1) is 11.5. The fourth-order valence-corrected chi connectivity index (χ4v) is 6.13. The second-order valence-corrected chi connectivity index (χ2v) is 8.44. The lowest BCUT2D eigenvalue weighted by Crippen LogP contribution is -2.54. The highest BCUT2D eigenvalue weighted by atomic mass is 16.3. The smallest absolute Gasteiger partial charge is 0.155 e. The van der Waals surface area contributed by atoms with E-state index in [1.165, 1.54) is 5.57 Å². The Hall–Kier alpha value is -1.33. The first-order valence-corrected chi connectivity index (χ1v) is 9.65. The van der Waals surface area contributed by atoms with Gasteiger partial charge in [-0.1, -0.05) is 31.8 Å². The van der Waals surface area contributed by atoms with Gasteiger partial charge in [0.2, 0.25) is 0 Å². The van der Waals surface area contributed by atoms with Crippen LogP contribution in [0.25, 0.3) is 0 Å². The van der Waals surface area contributed by atoms with Gasteiger partial charge in [0.25, 0.3) is 0 Å². The Bertz CT molecular complexity index is 688. The molecule has 0 aliphatic heterocycles. The molecule has 1 N–H and O–H groups in total. The van der Waals surface area contributed by atoms with Gasteiger partial charge in [-0.3, -0.25) is 4.79 Å². The molecule has 2 nitrogen and oxygen atoms in total. The van der Waals surface area contributed by atoms with Gasteiger partial charge in [0.15, 0.2) is 5.78 Å². The molecule has 2 fully saturated rings. The van der Waals surface area contributed by atoms with Crippen molar-refractivity contribution < 1.29 is 9.90 Å². The molecule has 0 aromatic carbocycles. The first kappa shape index (κ1) is 16.2. The Morgan fingerprint density at radius 2 is 2.08 bits per heavy atom. The fraction of sp³-hybridized carbons (Fsp3) is 0.682. The van der Waals surface area contributed by atoms with Crippen molar-refractivity contribution in [1.29, 1.82) is 0 Å². The number of ketones is 1. The van der Waals surface area contributed by atoms with E-state index in [0.29, 0.717) is 30.6 Å². The number of aliphatic hydroxyl groups is 1. The Balaban J connectivity index is 1.64. The summed E-state index contributed by atoms with van der Waals surface area (Å²) < 4.78 is 0. The largest absolute Gasteiger partial charge is 0.385 e. The van der Waals surface area contributed by atoms with E-state index in [9.17, 15) is 9.90 Å². The third-order valence-corrected chi connectivity index (χ3v) is 7.42.